The molecule has 0 spiro atoms. The second-order valence-electron chi connectivity index (χ2n) is 13.1. The zero-order valence-corrected chi connectivity index (χ0v) is 28.4. The number of amides is 3. The van der Waals surface area contributed by atoms with E-state index in [-0.39, 0.29) is 23.8 Å². The van der Waals surface area contributed by atoms with Crippen LogP contribution in [0.5, 0.6) is 0 Å². The van der Waals surface area contributed by atoms with Gasteiger partial charge in [-0.15, -0.1) is 0 Å². The molecule has 11 nitrogen and oxygen atoms in total. The summed E-state index contributed by atoms with van der Waals surface area (Å²) in [5.41, 5.74) is 6.37. The van der Waals surface area contributed by atoms with Gasteiger partial charge in [-0.3, -0.25) is 14.5 Å². The Balaban J connectivity index is 1.06. The normalized spacial score (nSPS) is 17.1. The van der Waals surface area contributed by atoms with E-state index in [0.29, 0.717) is 12.1 Å². The van der Waals surface area contributed by atoms with Crippen LogP contribution in [0.3, 0.4) is 0 Å². The third kappa shape index (κ3) is 8.18. The van der Waals surface area contributed by atoms with E-state index in [1.165, 1.54) is 12.7 Å². The van der Waals surface area contributed by atoms with Crippen LogP contribution in [0.1, 0.15) is 54.5 Å². The molecular weight excluding hydrogens is 618 g/mol. The molecule has 11 heteroatoms. The van der Waals surface area contributed by atoms with E-state index < -0.39 is 12.1 Å². The Morgan fingerprint density at radius 2 is 1.55 bits per heavy atom. The number of hydrogen-bond acceptors (Lipinski definition) is 7. The fourth-order valence-corrected chi connectivity index (χ4v) is 6.52. The highest BCUT2D eigenvalue weighted by molar-refractivity contribution is 6.04. The van der Waals surface area contributed by atoms with E-state index in [0.717, 1.165) is 79.5 Å². The predicted molar refractivity (Wildman–Crippen MR) is 190 cm³/mol. The van der Waals surface area contributed by atoms with Crippen molar-refractivity contribution < 1.29 is 19.1 Å². The molecule has 2 fully saturated rings. The van der Waals surface area contributed by atoms with Gasteiger partial charge in [0.2, 0.25) is 5.91 Å². The van der Waals surface area contributed by atoms with Gasteiger partial charge < -0.3 is 30.6 Å². The highest BCUT2D eigenvalue weighted by Gasteiger charge is 2.37. The first-order valence-corrected chi connectivity index (χ1v) is 17.0. The van der Waals surface area contributed by atoms with Crippen LogP contribution in [0.25, 0.3) is 22.4 Å². The molecule has 256 valence electrons. The number of aromatic nitrogens is 2. The van der Waals surface area contributed by atoms with Crippen molar-refractivity contribution in [3.05, 3.63) is 95.9 Å². The lowest BCUT2D eigenvalue weighted by Gasteiger charge is -2.29. The summed E-state index contributed by atoms with van der Waals surface area (Å²) < 4.78 is 4.74. The number of aromatic amines is 1. The molecule has 2 aliphatic rings. The Labute approximate surface area is 287 Å². The molecule has 2 saturated heterocycles. The third-order valence-corrected chi connectivity index (χ3v) is 9.33. The fraction of sp³-hybridized carbons (Fsp3) is 0.368. The van der Waals surface area contributed by atoms with Crippen LogP contribution in [0, 0.1) is 5.92 Å². The second-order valence-corrected chi connectivity index (χ2v) is 13.1. The number of nitrogens with one attached hydrogen (secondary N) is 4. The van der Waals surface area contributed by atoms with Crippen LogP contribution in [0.4, 0.5) is 10.5 Å². The molecule has 0 saturated carbocycles. The van der Waals surface area contributed by atoms with Gasteiger partial charge in [-0.05, 0) is 59.7 Å². The molecule has 49 heavy (non-hydrogen) atoms. The lowest BCUT2D eigenvalue weighted by molar-refractivity contribution is -0.135. The van der Waals surface area contributed by atoms with E-state index in [2.05, 4.69) is 38.0 Å². The Morgan fingerprint density at radius 1 is 0.898 bits per heavy atom. The first-order chi connectivity index (χ1) is 23.8. The molecule has 3 heterocycles. The highest BCUT2D eigenvalue weighted by Crippen LogP contribution is 2.33. The molecule has 4 aromatic rings. The van der Waals surface area contributed by atoms with Gasteiger partial charge in [0.25, 0.3) is 5.91 Å². The number of nitrogens with zero attached hydrogens (tertiary/aromatic N) is 3. The molecule has 0 aliphatic carbocycles. The molecular formula is C38H45N7O4. The van der Waals surface area contributed by atoms with Crippen molar-refractivity contribution in [2.45, 2.75) is 45.3 Å². The number of likely N-dealkylation sites (tertiary alicyclic amines) is 1. The summed E-state index contributed by atoms with van der Waals surface area (Å²) in [7, 11) is 1.29. The number of carbonyl (C=O) groups is 3. The average Bonchev–Trinajstić information content (AvgIpc) is 3.82. The number of imidazole rings is 1. The van der Waals surface area contributed by atoms with Gasteiger partial charge in [-0.25, -0.2) is 9.78 Å². The van der Waals surface area contributed by atoms with Gasteiger partial charge in [0.05, 0.1) is 18.8 Å². The summed E-state index contributed by atoms with van der Waals surface area (Å²) in [4.78, 5) is 50.7. The van der Waals surface area contributed by atoms with Crippen molar-refractivity contribution in [2.75, 3.05) is 45.2 Å². The molecule has 2 atom stereocenters. The lowest BCUT2D eigenvalue weighted by atomic mass is 10.0. The molecule has 3 aromatic carbocycles. The molecule has 0 bridgehead atoms. The number of alkyl carbamates (subject to hydrolysis) is 1. The summed E-state index contributed by atoms with van der Waals surface area (Å²) in [5, 5.41) is 9.08. The number of hydrogen-bond donors (Lipinski definition) is 4. The average molecular weight is 664 g/mol. The van der Waals surface area contributed by atoms with Crippen LogP contribution >= 0.6 is 0 Å². The minimum absolute atomic E-state index is 0.0949. The van der Waals surface area contributed by atoms with Crippen molar-refractivity contribution in [1.29, 1.82) is 0 Å². The van der Waals surface area contributed by atoms with Crippen molar-refractivity contribution in [3.8, 4) is 22.4 Å². The Bertz CT molecular complexity index is 1730. The topological polar surface area (TPSA) is 132 Å². The Morgan fingerprint density at radius 3 is 2.20 bits per heavy atom. The number of H-pyrrole nitrogens is 1. The number of anilines is 1. The number of rotatable bonds is 10. The van der Waals surface area contributed by atoms with Crippen LogP contribution in [-0.2, 0) is 16.1 Å². The largest absolute Gasteiger partial charge is 0.453 e. The molecule has 0 radical (unpaired) electrons. The van der Waals surface area contributed by atoms with Crippen molar-refractivity contribution in [2.24, 2.45) is 5.92 Å². The fourth-order valence-electron chi connectivity index (χ4n) is 6.52. The quantitative estimate of drug-likeness (QED) is 0.178. The summed E-state index contributed by atoms with van der Waals surface area (Å²) in [6.45, 7) is 9.47. The number of methoxy groups -OCH3 is 1. The minimum atomic E-state index is -0.677. The van der Waals surface area contributed by atoms with E-state index in [4.69, 9.17) is 9.72 Å². The second kappa shape index (κ2) is 15.5. The maximum absolute atomic E-state index is 13.5. The lowest BCUT2D eigenvalue weighted by Crippen LogP contribution is -2.51. The standard InChI is InChI=1S/C38H45N7O4/c1-25(2)34(43-38(48)49-3)37(47)45-20-4-5-33(45)35-40-23-32(42-35)29-12-8-27(9-13-29)28-10-14-30(15-11-28)36(46)41-31-16-6-26(7-17-31)24-44-21-18-39-19-22-44/h6-17,23,25,33-34,39H,4-5,18-22,24H2,1-3H3,(H,40,42)(H,41,46)(H,43,48)/t33-,34-/m0/s1. The number of ether oxygens (including phenoxy) is 1. The van der Waals surface area contributed by atoms with Gasteiger partial charge >= 0.3 is 6.09 Å². The molecule has 6 rings (SSSR count). The van der Waals surface area contributed by atoms with Gasteiger partial charge in [0.1, 0.15) is 11.9 Å². The molecule has 2 aliphatic heterocycles. The first kappa shape index (κ1) is 33.9. The minimum Gasteiger partial charge on any atom is -0.453 e. The number of carbonyl (C=O) groups excluding carboxylic acids is 3. The first-order valence-electron chi connectivity index (χ1n) is 17.0. The van der Waals surface area contributed by atoms with Crippen LogP contribution < -0.4 is 16.0 Å². The smallest absolute Gasteiger partial charge is 0.407 e. The van der Waals surface area contributed by atoms with Gasteiger partial charge in [-0.1, -0.05) is 62.4 Å². The maximum Gasteiger partial charge on any atom is 0.407 e. The monoisotopic (exact) mass is 663 g/mol. The summed E-state index contributed by atoms with van der Waals surface area (Å²) in [6.07, 6.45) is 2.89. The third-order valence-electron chi connectivity index (χ3n) is 9.33. The Hall–Kier alpha value is -5.00. The summed E-state index contributed by atoms with van der Waals surface area (Å²) >= 11 is 0. The van der Waals surface area contributed by atoms with Gasteiger partial charge in [0.15, 0.2) is 0 Å². The van der Waals surface area contributed by atoms with E-state index in [1.54, 1.807) is 4.90 Å². The van der Waals surface area contributed by atoms with Crippen LogP contribution in [0.2, 0.25) is 0 Å². The zero-order chi connectivity index (χ0) is 34.3. The van der Waals surface area contributed by atoms with Crippen LogP contribution in [-0.4, -0.2) is 83.6 Å². The molecule has 0 unspecified atom stereocenters. The van der Waals surface area contributed by atoms with E-state index >= 15 is 0 Å². The number of piperazine rings is 1. The van der Waals surface area contributed by atoms with Gasteiger partial charge in [-0.2, -0.15) is 0 Å². The molecule has 3 amide bonds. The SMILES string of the molecule is COC(=O)N[C@H](C(=O)N1CCC[C@H]1c1nc(-c2ccc(-c3ccc(C(=O)Nc4ccc(CN5CCNCC5)cc4)cc3)cc2)c[nH]1)C(C)C. The zero-order valence-electron chi connectivity index (χ0n) is 28.4. The highest BCUT2D eigenvalue weighted by atomic mass is 16.5. The van der Waals surface area contributed by atoms with Crippen LogP contribution in [0.15, 0.2) is 79.0 Å². The maximum atomic E-state index is 13.5. The van der Waals surface area contributed by atoms with Crippen molar-refractivity contribution >= 4 is 23.6 Å². The van der Waals surface area contributed by atoms with Gasteiger partial charge in [0, 0.05) is 62.3 Å². The summed E-state index contributed by atoms with van der Waals surface area (Å²) in [6, 6.07) is 22.9. The predicted octanol–water partition coefficient (Wildman–Crippen LogP) is 5.45. The number of benzene rings is 3. The van der Waals surface area contributed by atoms with Crippen molar-refractivity contribution in [3.63, 3.8) is 0 Å². The molecule has 4 N–H and O–H groups in total. The summed E-state index contributed by atoms with van der Waals surface area (Å²) in [5.74, 6) is 0.352. The molecule has 1 aromatic heterocycles. The Kier molecular flexibility index (Phi) is 10.7. The van der Waals surface area contributed by atoms with E-state index in [9.17, 15) is 14.4 Å². The van der Waals surface area contributed by atoms with E-state index in [1.807, 2.05) is 80.7 Å². The van der Waals surface area contributed by atoms with Crippen molar-refractivity contribution in [1.82, 2.24) is 30.4 Å².